The summed E-state index contributed by atoms with van der Waals surface area (Å²) in [5.74, 6) is 0.586. The third-order valence-corrected chi connectivity index (χ3v) is 6.58. The van der Waals surface area contributed by atoms with Crippen LogP contribution in [0.3, 0.4) is 0 Å². The Morgan fingerprint density at radius 3 is 2.41 bits per heavy atom. The molecule has 2 aliphatic heterocycles. The van der Waals surface area contributed by atoms with Crippen LogP contribution in [0.5, 0.6) is 17.2 Å². The number of amides is 1. The van der Waals surface area contributed by atoms with Crippen molar-refractivity contribution in [1.29, 1.82) is 0 Å². The van der Waals surface area contributed by atoms with Crippen LogP contribution >= 0.6 is 0 Å². The van der Waals surface area contributed by atoms with Gasteiger partial charge in [0.05, 0.1) is 31.4 Å². The summed E-state index contributed by atoms with van der Waals surface area (Å²) in [7, 11) is 1.57. The average Bonchev–Trinajstić information content (AvgIpc) is 3.47. The van der Waals surface area contributed by atoms with Crippen molar-refractivity contribution in [3.63, 3.8) is 0 Å². The first kappa shape index (κ1) is 24.4. The molecule has 0 saturated carbocycles. The number of carbonyl (C=O) groups is 2. The van der Waals surface area contributed by atoms with E-state index in [1.54, 1.807) is 31.4 Å². The van der Waals surface area contributed by atoms with Gasteiger partial charge in [-0.05, 0) is 73.0 Å². The SMILES string of the molecule is COc1ccc(C2/C(=C(/O)c3ccc4c(c3)CCO4)C(=O)C(=O)N2Cc2ccc(OC(C)C)cc2)cc1. The third-order valence-electron chi connectivity index (χ3n) is 6.58. The highest BCUT2D eigenvalue weighted by Gasteiger charge is 2.46. The van der Waals surface area contributed by atoms with Gasteiger partial charge in [0.15, 0.2) is 0 Å². The normalized spacial score (nSPS) is 18.2. The molecule has 2 aliphatic rings. The highest BCUT2D eigenvalue weighted by molar-refractivity contribution is 6.46. The van der Waals surface area contributed by atoms with E-state index in [4.69, 9.17) is 14.2 Å². The number of hydrogen-bond acceptors (Lipinski definition) is 6. The Hall–Kier alpha value is -4.26. The van der Waals surface area contributed by atoms with E-state index < -0.39 is 17.7 Å². The fraction of sp³-hybridized carbons (Fsp3) is 0.267. The summed E-state index contributed by atoms with van der Waals surface area (Å²) in [5.41, 5.74) is 3.05. The van der Waals surface area contributed by atoms with Crippen LogP contribution in [0, 0.1) is 0 Å². The number of hydrogen-bond donors (Lipinski definition) is 1. The van der Waals surface area contributed by atoms with Crippen LogP contribution in [0.2, 0.25) is 0 Å². The molecule has 0 bridgehead atoms. The molecule has 37 heavy (non-hydrogen) atoms. The lowest BCUT2D eigenvalue weighted by atomic mass is 9.94. The molecule has 190 valence electrons. The number of ketones is 1. The zero-order chi connectivity index (χ0) is 26.1. The Labute approximate surface area is 215 Å². The molecule has 3 aromatic rings. The van der Waals surface area contributed by atoms with Gasteiger partial charge in [-0.25, -0.2) is 0 Å². The number of rotatable bonds is 7. The highest BCUT2D eigenvalue weighted by atomic mass is 16.5. The zero-order valence-corrected chi connectivity index (χ0v) is 21.1. The number of ether oxygens (including phenoxy) is 3. The summed E-state index contributed by atoms with van der Waals surface area (Å²) in [6, 6.07) is 19.2. The molecule has 1 saturated heterocycles. The summed E-state index contributed by atoms with van der Waals surface area (Å²) < 4.78 is 16.6. The van der Waals surface area contributed by atoms with Gasteiger partial charge < -0.3 is 24.2 Å². The molecule has 1 atom stereocenters. The third kappa shape index (κ3) is 4.77. The van der Waals surface area contributed by atoms with Crippen LogP contribution in [0.4, 0.5) is 0 Å². The van der Waals surface area contributed by atoms with Crippen molar-refractivity contribution in [1.82, 2.24) is 4.90 Å². The minimum atomic E-state index is -0.762. The van der Waals surface area contributed by atoms with Gasteiger partial charge in [-0.1, -0.05) is 24.3 Å². The number of Topliss-reactive ketones (excluding diaryl/α,β-unsaturated/α-hetero) is 1. The Kier molecular flexibility index (Phi) is 6.61. The lowest BCUT2D eigenvalue weighted by molar-refractivity contribution is -0.140. The number of carbonyl (C=O) groups excluding carboxylic acids is 2. The van der Waals surface area contributed by atoms with Crippen LogP contribution < -0.4 is 14.2 Å². The van der Waals surface area contributed by atoms with E-state index in [-0.39, 0.29) is 24.0 Å². The molecule has 3 aromatic carbocycles. The highest BCUT2D eigenvalue weighted by Crippen LogP contribution is 2.41. The molecule has 0 aliphatic carbocycles. The van der Waals surface area contributed by atoms with Gasteiger partial charge in [-0.3, -0.25) is 9.59 Å². The van der Waals surface area contributed by atoms with E-state index in [9.17, 15) is 14.7 Å². The average molecular weight is 500 g/mol. The molecular formula is C30H29NO6. The van der Waals surface area contributed by atoms with Gasteiger partial charge in [0, 0.05) is 18.5 Å². The van der Waals surface area contributed by atoms with Gasteiger partial charge in [0.1, 0.15) is 23.0 Å². The van der Waals surface area contributed by atoms with Crippen LogP contribution in [0.25, 0.3) is 5.76 Å². The first-order chi connectivity index (χ1) is 17.9. The van der Waals surface area contributed by atoms with Gasteiger partial charge in [-0.15, -0.1) is 0 Å². The predicted octanol–water partition coefficient (Wildman–Crippen LogP) is 5.04. The second kappa shape index (κ2) is 10.0. The number of likely N-dealkylation sites (tertiary alicyclic amines) is 1. The molecule has 5 rings (SSSR count). The Morgan fingerprint density at radius 1 is 1.03 bits per heavy atom. The van der Waals surface area contributed by atoms with Gasteiger partial charge in [0.2, 0.25) is 0 Å². The van der Waals surface area contributed by atoms with Gasteiger partial charge in [-0.2, -0.15) is 0 Å². The van der Waals surface area contributed by atoms with Crippen molar-refractivity contribution in [2.75, 3.05) is 13.7 Å². The monoisotopic (exact) mass is 499 g/mol. The molecular weight excluding hydrogens is 470 g/mol. The summed E-state index contributed by atoms with van der Waals surface area (Å²) in [6.45, 7) is 4.68. The summed E-state index contributed by atoms with van der Waals surface area (Å²) in [6.07, 6.45) is 0.771. The molecule has 0 radical (unpaired) electrons. The fourth-order valence-electron chi connectivity index (χ4n) is 4.81. The van der Waals surface area contributed by atoms with Crippen LogP contribution in [0.1, 0.15) is 42.1 Å². The van der Waals surface area contributed by atoms with E-state index in [0.29, 0.717) is 23.5 Å². The van der Waals surface area contributed by atoms with E-state index in [2.05, 4.69) is 0 Å². The van der Waals surface area contributed by atoms with E-state index in [1.807, 2.05) is 56.3 Å². The number of nitrogens with zero attached hydrogens (tertiary/aromatic N) is 1. The number of aliphatic hydroxyl groups excluding tert-OH is 1. The quantitative estimate of drug-likeness (QED) is 0.279. The molecule has 7 nitrogen and oxygen atoms in total. The number of fused-ring (bicyclic) bond motifs is 1. The van der Waals surface area contributed by atoms with Gasteiger partial charge in [0.25, 0.3) is 11.7 Å². The lowest BCUT2D eigenvalue weighted by Crippen LogP contribution is -2.29. The molecule has 7 heteroatoms. The number of methoxy groups -OCH3 is 1. The van der Waals surface area contributed by atoms with Crippen molar-refractivity contribution in [2.45, 2.75) is 39.0 Å². The van der Waals surface area contributed by atoms with Crippen molar-refractivity contribution in [3.05, 3.63) is 94.6 Å². The second-order valence-corrected chi connectivity index (χ2v) is 9.43. The molecule has 1 unspecified atom stereocenters. The van der Waals surface area contributed by atoms with Crippen LogP contribution in [-0.4, -0.2) is 41.5 Å². The maximum atomic E-state index is 13.4. The van der Waals surface area contributed by atoms with E-state index in [1.165, 1.54) is 4.90 Å². The van der Waals surface area contributed by atoms with Gasteiger partial charge >= 0.3 is 0 Å². The van der Waals surface area contributed by atoms with Crippen molar-refractivity contribution in [2.24, 2.45) is 0 Å². The summed E-state index contributed by atoms with van der Waals surface area (Å²) in [4.78, 5) is 28.2. The Bertz CT molecular complexity index is 1360. The molecule has 0 spiro atoms. The van der Waals surface area contributed by atoms with Crippen LogP contribution in [-0.2, 0) is 22.6 Å². The first-order valence-corrected chi connectivity index (χ1v) is 12.3. The minimum Gasteiger partial charge on any atom is -0.507 e. The standard InChI is InChI=1S/C30H29NO6/c1-18(2)37-24-9-4-19(5-10-24)17-31-27(20-6-11-23(35-3)12-7-20)26(29(33)30(31)34)28(32)22-8-13-25-21(16-22)14-15-36-25/h4-13,16,18,27,32H,14-15,17H2,1-3H3/b28-26-. The Morgan fingerprint density at radius 2 is 1.73 bits per heavy atom. The largest absolute Gasteiger partial charge is 0.507 e. The predicted molar refractivity (Wildman–Crippen MR) is 139 cm³/mol. The van der Waals surface area contributed by atoms with Crippen molar-refractivity contribution < 1.29 is 28.9 Å². The smallest absolute Gasteiger partial charge is 0.295 e. The topological polar surface area (TPSA) is 85.3 Å². The second-order valence-electron chi connectivity index (χ2n) is 9.43. The molecule has 1 fully saturated rings. The van der Waals surface area contributed by atoms with E-state index in [0.717, 1.165) is 29.0 Å². The molecule has 0 aromatic heterocycles. The number of aliphatic hydroxyl groups is 1. The maximum absolute atomic E-state index is 13.4. The first-order valence-electron chi connectivity index (χ1n) is 12.3. The Balaban J connectivity index is 1.56. The fourth-order valence-corrected chi connectivity index (χ4v) is 4.81. The molecule has 1 N–H and O–H groups in total. The van der Waals surface area contributed by atoms with Crippen molar-refractivity contribution >= 4 is 17.4 Å². The van der Waals surface area contributed by atoms with E-state index >= 15 is 0 Å². The maximum Gasteiger partial charge on any atom is 0.295 e. The van der Waals surface area contributed by atoms with Crippen LogP contribution in [0.15, 0.2) is 72.3 Å². The van der Waals surface area contributed by atoms with Crippen molar-refractivity contribution in [3.8, 4) is 17.2 Å². The summed E-state index contributed by atoms with van der Waals surface area (Å²) in [5, 5.41) is 11.4. The lowest BCUT2D eigenvalue weighted by Gasteiger charge is -2.26. The molecule has 1 amide bonds. The number of benzene rings is 3. The summed E-state index contributed by atoms with van der Waals surface area (Å²) >= 11 is 0. The molecule has 2 heterocycles. The zero-order valence-electron chi connectivity index (χ0n) is 21.1. The minimum absolute atomic E-state index is 0.0459.